The molecule has 0 aliphatic carbocycles. The molecule has 0 aliphatic rings. The molecule has 4 nitrogen and oxygen atoms in total. The second kappa shape index (κ2) is 6.50. The van der Waals surface area contributed by atoms with E-state index in [4.69, 9.17) is 16.3 Å². The highest BCUT2D eigenvalue weighted by Crippen LogP contribution is 2.24. The van der Waals surface area contributed by atoms with E-state index in [2.05, 4.69) is 5.32 Å². The number of benzene rings is 2. The number of phenolic OH excluding ortho intramolecular Hbond substituents is 1. The second-order valence-corrected chi connectivity index (χ2v) is 5.11. The van der Waals surface area contributed by atoms with E-state index in [1.54, 1.807) is 43.3 Å². The van der Waals surface area contributed by atoms with Gasteiger partial charge in [0.25, 0.3) is 5.91 Å². The molecular weight excluding hydrogens is 290 g/mol. The molecule has 1 amide bonds. The van der Waals surface area contributed by atoms with Crippen molar-refractivity contribution in [1.29, 1.82) is 0 Å². The summed E-state index contributed by atoms with van der Waals surface area (Å²) in [5.74, 6) is 0.269. The SMILES string of the molecule is Cc1cc(Cl)ccc1O[C@H](C)C(=O)Nc1ccccc1O. The summed E-state index contributed by atoms with van der Waals surface area (Å²) in [5, 5.41) is 12.9. The quantitative estimate of drug-likeness (QED) is 0.846. The summed E-state index contributed by atoms with van der Waals surface area (Å²) in [5.41, 5.74) is 1.20. The molecule has 0 aromatic heterocycles. The predicted molar refractivity (Wildman–Crippen MR) is 83.0 cm³/mol. The summed E-state index contributed by atoms with van der Waals surface area (Å²) in [6.07, 6.45) is -0.704. The Morgan fingerprint density at radius 1 is 1.29 bits per heavy atom. The molecule has 2 rings (SSSR count). The van der Waals surface area contributed by atoms with Crippen molar-refractivity contribution in [3.05, 3.63) is 53.1 Å². The first-order valence-electron chi connectivity index (χ1n) is 6.49. The molecule has 0 aliphatic heterocycles. The minimum Gasteiger partial charge on any atom is -0.506 e. The number of halogens is 1. The number of para-hydroxylation sites is 2. The minimum absolute atomic E-state index is 0.0146. The number of hydrogen-bond acceptors (Lipinski definition) is 3. The van der Waals surface area contributed by atoms with Gasteiger partial charge < -0.3 is 15.2 Å². The van der Waals surface area contributed by atoms with Gasteiger partial charge in [0.05, 0.1) is 5.69 Å². The van der Waals surface area contributed by atoms with Crippen molar-refractivity contribution >= 4 is 23.2 Å². The van der Waals surface area contributed by atoms with Crippen LogP contribution in [-0.4, -0.2) is 17.1 Å². The van der Waals surface area contributed by atoms with E-state index in [1.807, 2.05) is 6.92 Å². The fourth-order valence-electron chi connectivity index (χ4n) is 1.80. The highest BCUT2D eigenvalue weighted by Gasteiger charge is 2.17. The Morgan fingerprint density at radius 3 is 2.67 bits per heavy atom. The van der Waals surface area contributed by atoms with E-state index in [0.29, 0.717) is 16.5 Å². The van der Waals surface area contributed by atoms with Crippen LogP contribution >= 0.6 is 11.6 Å². The number of nitrogens with one attached hydrogen (secondary N) is 1. The number of anilines is 1. The average molecular weight is 306 g/mol. The molecule has 21 heavy (non-hydrogen) atoms. The lowest BCUT2D eigenvalue weighted by molar-refractivity contribution is -0.122. The van der Waals surface area contributed by atoms with Crippen LogP contribution in [0.1, 0.15) is 12.5 Å². The fraction of sp³-hybridized carbons (Fsp3) is 0.188. The standard InChI is InChI=1S/C16H16ClNO3/c1-10-9-12(17)7-8-15(10)21-11(2)16(20)18-13-5-3-4-6-14(13)19/h3-9,11,19H,1-2H3,(H,18,20)/t11-/m1/s1. The Kier molecular flexibility index (Phi) is 4.70. The van der Waals surface area contributed by atoms with Gasteiger partial charge in [-0.05, 0) is 49.7 Å². The number of amides is 1. The third kappa shape index (κ3) is 3.89. The molecule has 0 unspecified atom stereocenters. The number of carbonyl (C=O) groups is 1. The Labute approximate surface area is 128 Å². The van der Waals surface area contributed by atoms with E-state index in [0.717, 1.165) is 5.56 Å². The van der Waals surface area contributed by atoms with Crippen molar-refractivity contribution in [1.82, 2.24) is 0 Å². The van der Waals surface area contributed by atoms with Crippen molar-refractivity contribution in [2.24, 2.45) is 0 Å². The van der Waals surface area contributed by atoms with Crippen LogP contribution in [0, 0.1) is 6.92 Å². The van der Waals surface area contributed by atoms with Crippen LogP contribution in [0.15, 0.2) is 42.5 Å². The number of aryl methyl sites for hydroxylation is 1. The molecule has 0 bridgehead atoms. The Balaban J connectivity index is 2.04. The van der Waals surface area contributed by atoms with Gasteiger partial charge in [0.2, 0.25) is 0 Å². The van der Waals surface area contributed by atoms with Crippen LogP contribution in [0.5, 0.6) is 11.5 Å². The third-order valence-electron chi connectivity index (χ3n) is 2.97. The molecule has 2 aromatic rings. The fourth-order valence-corrected chi connectivity index (χ4v) is 2.03. The van der Waals surface area contributed by atoms with Crippen LogP contribution in [0.4, 0.5) is 5.69 Å². The zero-order valence-corrected chi connectivity index (χ0v) is 12.5. The molecule has 0 radical (unpaired) electrons. The van der Waals surface area contributed by atoms with E-state index in [-0.39, 0.29) is 11.7 Å². The van der Waals surface area contributed by atoms with Crippen LogP contribution in [0.25, 0.3) is 0 Å². The number of ether oxygens (including phenoxy) is 1. The number of rotatable bonds is 4. The lowest BCUT2D eigenvalue weighted by Gasteiger charge is -2.16. The van der Waals surface area contributed by atoms with Crippen molar-refractivity contribution in [3.8, 4) is 11.5 Å². The van der Waals surface area contributed by atoms with E-state index in [9.17, 15) is 9.90 Å². The molecule has 0 saturated carbocycles. The highest BCUT2D eigenvalue weighted by molar-refractivity contribution is 6.30. The maximum Gasteiger partial charge on any atom is 0.265 e. The van der Waals surface area contributed by atoms with Crippen molar-refractivity contribution in [3.63, 3.8) is 0 Å². The summed E-state index contributed by atoms with van der Waals surface area (Å²) in [6, 6.07) is 11.7. The van der Waals surface area contributed by atoms with Gasteiger partial charge in [-0.2, -0.15) is 0 Å². The Morgan fingerprint density at radius 2 is 2.00 bits per heavy atom. The summed E-state index contributed by atoms with van der Waals surface area (Å²) in [4.78, 5) is 12.1. The van der Waals surface area contributed by atoms with Gasteiger partial charge in [-0.15, -0.1) is 0 Å². The van der Waals surface area contributed by atoms with Crippen molar-refractivity contribution < 1.29 is 14.6 Å². The predicted octanol–water partition coefficient (Wildman–Crippen LogP) is 3.76. The zero-order valence-electron chi connectivity index (χ0n) is 11.8. The van der Waals surface area contributed by atoms with Crippen molar-refractivity contribution in [2.75, 3.05) is 5.32 Å². The van der Waals surface area contributed by atoms with Crippen LogP contribution in [0.3, 0.4) is 0 Å². The molecular formula is C16H16ClNO3. The maximum absolute atomic E-state index is 12.1. The average Bonchev–Trinajstić information content (AvgIpc) is 2.44. The topological polar surface area (TPSA) is 58.6 Å². The van der Waals surface area contributed by atoms with E-state index in [1.165, 1.54) is 6.07 Å². The molecule has 0 heterocycles. The van der Waals surface area contributed by atoms with Crippen molar-refractivity contribution in [2.45, 2.75) is 20.0 Å². The second-order valence-electron chi connectivity index (χ2n) is 4.68. The number of aromatic hydroxyl groups is 1. The normalized spacial score (nSPS) is 11.8. The number of carbonyl (C=O) groups excluding carboxylic acids is 1. The molecule has 110 valence electrons. The van der Waals surface area contributed by atoms with Gasteiger partial charge in [-0.3, -0.25) is 4.79 Å². The Hall–Kier alpha value is -2.20. The molecule has 2 aromatic carbocycles. The monoisotopic (exact) mass is 305 g/mol. The lowest BCUT2D eigenvalue weighted by Crippen LogP contribution is -2.30. The van der Waals surface area contributed by atoms with Crippen LogP contribution < -0.4 is 10.1 Å². The molecule has 0 fully saturated rings. The molecule has 0 saturated heterocycles. The first kappa shape index (κ1) is 15.2. The van der Waals surface area contributed by atoms with Crippen LogP contribution in [0.2, 0.25) is 5.02 Å². The highest BCUT2D eigenvalue weighted by atomic mass is 35.5. The molecule has 0 spiro atoms. The third-order valence-corrected chi connectivity index (χ3v) is 3.21. The number of hydrogen-bond donors (Lipinski definition) is 2. The Bertz CT molecular complexity index is 658. The summed E-state index contributed by atoms with van der Waals surface area (Å²) in [6.45, 7) is 3.50. The van der Waals surface area contributed by atoms with Gasteiger partial charge >= 0.3 is 0 Å². The van der Waals surface area contributed by atoms with Gasteiger partial charge in [0.15, 0.2) is 6.10 Å². The largest absolute Gasteiger partial charge is 0.506 e. The van der Waals surface area contributed by atoms with Gasteiger partial charge in [-0.1, -0.05) is 23.7 Å². The van der Waals surface area contributed by atoms with Crippen LogP contribution in [-0.2, 0) is 4.79 Å². The van der Waals surface area contributed by atoms with Gasteiger partial charge in [0.1, 0.15) is 11.5 Å². The van der Waals surface area contributed by atoms with Gasteiger partial charge in [-0.25, -0.2) is 0 Å². The number of phenols is 1. The first-order chi connectivity index (χ1) is 9.97. The minimum atomic E-state index is -0.704. The smallest absolute Gasteiger partial charge is 0.265 e. The summed E-state index contributed by atoms with van der Waals surface area (Å²) in [7, 11) is 0. The zero-order chi connectivity index (χ0) is 15.4. The molecule has 2 N–H and O–H groups in total. The first-order valence-corrected chi connectivity index (χ1v) is 6.87. The summed E-state index contributed by atoms with van der Waals surface area (Å²) >= 11 is 5.88. The van der Waals surface area contributed by atoms with E-state index < -0.39 is 6.10 Å². The maximum atomic E-state index is 12.1. The summed E-state index contributed by atoms with van der Waals surface area (Å²) < 4.78 is 5.62. The molecule has 5 heteroatoms. The van der Waals surface area contributed by atoms with E-state index >= 15 is 0 Å². The molecule has 1 atom stereocenters. The van der Waals surface area contributed by atoms with Gasteiger partial charge in [0, 0.05) is 5.02 Å². The lowest BCUT2D eigenvalue weighted by atomic mass is 10.2.